The molecule has 0 fully saturated rings. The third-order valence-electron chi connectivity index (χ3n) is 2.69. The lowest BCUT2D eigenvalue weighted by molar-refractivity contribution is 0.0587. The number of aromatic nitrogens is 2. The van der Waals surface area contributed by atoms with Crippen LogP contribution < -0.4 is 5.32 Å². The van der Waals surface area contributed by atoms with Crippen molar-refractivity contribution in [1.82, 2.24) is 15.5 Å². The quantitative estimate of drug-likeness (QED) is 0.750. The summed E-state index contributed by atoms with van der Waals surface area (Å²) in [5, 5.41) is 20.2. The zero-order valence-corrected chi connectivity index (χ0v) is 11.6. The molecule has 1 rings (SSSR count). The largest absolute Gasteiger partial charge is 0.391 e. The summed E-state index contributed by atoms with van der Waals surface area (Å²) in [6.45, 7) is 4.39. The molecule has 1 heterocycles. The Kier molecular flexibility index (Phi) is 6.38. The predicted octanol–water partition coefficient (Wildman–Crippen LogP) is 0.475. The number of amides is 1. The van der Waals surface area contributed by atoms with E-state index in [1.165, 1.54) is 7.11 Å². The highest BCUT2D eigenvalue weighted by Gasteiger charge is 2.13. The van der Waals surface area contributed by atoms with Gasteiger partial charge in [-0.1, -0.05) is 6.92 Å². The first-order chi connectivity index (χ1) is 9.08. The van der Waals surface area contributed by atoms with Crippen LogP contribution >= 0.6 is 0 Å². The van der Waals surface area contributed by atoms with E-state index in [0.717, 1.165) is 0 Å². The first-order valence-corrected chi connectivity index (χ1v) is 6.36. The molecule has 6 nitrogen and oxygen atoms in total. The molecular weight excluding hydrogens is 246 g/mol. The van der Waals surface area contributed by atoms with Crippen LogP contribution in [-0.4, -0.2) is 47.6 Å². The number of aliphatic hydroxyl groups excluding tert-OH is 1. The van der Waals surface area contributed by atoms with Crippen LogP contribution in [-0.2, 0) is 11.2 Å². The number of ether oxygens (including phenoxy) is 1. The molecule has 1 amide bonds. The monoisotopic (exact) mass is 267 g/mol. The standard InChI is InChI=1S/C13H21N3O3/c1-4-12-11(7-9(2)15-16-12)13(18)14-6-5-10(17)8-19-3/h7,10,17H,4-6,8H2,1-3H3,(H,14,18). The van der Waals surface area contributed by atoms with Crippen LogP contribution in [0.4, 0.5) is 0 Å². The second kappa shape index (κ2) is 7.81. The topological polar surface area (TPSA) is 84.3 Å². The summed E-state index contributed by atoms with van der Waals surface area (Å²) in [5.41, 5.74) is 1.94. The zero-order chi connectivity index (χ0) is 14.3. The van der Waals surface area contributed by atoms with Gasteiger partial charge < -0.3 is 15.2 Å². The summed E-state index contributed by atoms with van der Waals surface area (Å²) in [5.74, 6) is -0.181. The smallest absolute Gasteiger partial charge is 0.253 e. The Labute approximate surface area is 113 Å². The van der Waals surface area contributed by atoms with Gasteiger partial charge in [0, 0.05) is 13.7 Å². The van der Waals surface area contributed by atoms with Crippen LogP contribution in [0.3, 0.4) is 0 Å². The highest BCUT2D eigenvalue weighted by molar-refractivity contribution is 5.95. The molecule has 106 valence electrons. The Bertz CT molecular complexity index is 424. The van der Waals surface area contributed by atoms with Gasteiger partial charge in [0.2, 0.25) is 0 Å². The Morgan fingerprint density at radius 3 is 2.89 bits per heavy atom. The van der Waals surface area contributed by atoms with Crippen molar-refractivity contribution in [1.29, 1.82) is 0 Å². The number of nitrogens with one attached hydrogen (secondary N) is 1. The maximum absolute atomic E-state index is 12.0. The van der Waals surface area contributed by atoms with E-state index in [1.807, 2.05) is 6.92 Å². The lowest BCUT2D eigenvalue weighted by atomic mass is 10.1. The van der Waals surface area contributed by atoms with Crippen LogP contribution in [0.5, 0.6) is 0 Å². The molecule has 6 heteroatoms. The maximum Gasteiger partial charge on any atom is 0.253 e. The van der Waals surface area contributed by atoms with Crippen molar-refractivity contribution in [2.75, 3.05) is 20.3 Å². The molecular formula is C13H21N3O3. The van der Waals surface area contributed by atoms with Gasteiger partial charge in [0.25, 0.3) is 5.91 Å². The van der Waals surface area contributed by atoms with E-state index in [-0.39, 0.29) is 12.5 Å². The lowest BCUT2D eigenvalue weighted by Gasteiger charge is -2.11. The minimum atomic E-state index is -0.562. The van der Waals surface area contributed by atoms with Gasteiger partial charge in [0.15, 0.2) is 0 Å². The summed E-state index contributed by atoms with van der Waals surface area (Å²) >= 11 is 0. The average Bonchev–Trinajstić information content (AvgIpc) is 2.38. The van der Waals surface area contributed by atoms with Crippen molar-refractivity contribution in [2.24, 2.45) is 0 Å². The molecule has 2 N–H and O–H groups in total. The van der Waals surface area contributed by atoms with Gasteiger partial charge in [-0.3, -0.25) is 4.79 Å². The van der Waals surface area contributed by atoms with Crippen LogP contribution in [0.15, 0.2) is 6.07 Å². The highest BCUT2D eigenvalue weighted by Crippen LogP contribution is 2.07. The Morgan fingerprint density at radius 1 is 1.53 bits per heavy atom. The zero-order valence-electron chi connectivity index (χ0n) is 11.6. The van der Waals surface area contributed by atoms with Gasteiger partial charge in [-0.15, -0.1) is 0 Å². The number of nitrogens with zero attached hydrogens (tertiary/aromatic N) is 2. The normalized spacial score (nSPS) is 12.2. The van der Waals surface area contributed by atoms with E-state index in [1.54, 1.807) is 13.0 Å². The molecule has 0 aliphatic carbocycles. The number of aryl methyl sites for hydroxylation is 2. The van der Waals surface area contributed by atoms with Crippen molar-refractivity contribution in [3.8, 4) is 0 Å². The first-order valence-electron chi connectivity index (χ1n) is 6.36. The van der Waals surface area contributed by atoms with Gasteiger partial charge in [0.1, 0.15) is 0 Å². The molecule has 0 aliphatic heterocycles. The average molecular weight is 267 g/mol. The van der Waals surface area contributed by atoms with Gasteiger partial charge >= 0.3 is 0 Å². The minimum Gasteiger partial charge on any atom is -0.391 e. The Balaban J connectivity index is 2.56. The van der Waals surface area contributed by atoms with Gasteiger partial charge in [-0.05, 0) is 25.8 Å². The van der Waals surface area contributed by atoms with E-state index < -0.39 is 6.10 Å². The van der Waals surface area contributed by atoms with Crippen molar-refractivity contribution >= 4 is 5.91 Å². The second-order valence-electron chi connectivity index (χ2n) is 4.35. The third-order valence-corrected chi connectivity index (χ3v) is 2.69. The van der Waals surface area contributed by atoms with E-state index in [4.69, 9.17) is 4.74 Å². The minimum absolute atomic E-state index is 0.181. The fraction of sp³-hybridized carbons (Fsp3) is 0.615. The molecule has 0 saturated heterocycles. The number of methoxy groups -OCH3 is 1. The summed E-state index contributed by atoms with van der Waals surface area (Å²) in [6, 6.07) is 1.73. The van der Waals surface area contributed by atoms with Crippen molar-refractivity contribution in [3.05, 3.63) is 23.0 Å². The number of hydrogen-bond donors (Lipinski definition) is 2. The summed E-state index contributed by atoms with van der Waals surface area (Å²) < 4.78 is 4.82. The maximum atomic E-state index is 12.0. The van der Waals surface area contributed by atoms with Crippen LogP contribution in [0, 0.1) is 6.92 Å². The fourth-order valence-corrected chi connectivity index (χ4v) is 1.70. The SMILES string of the molecule is CCc1nnc(C)cc1C(=O)NCCC(O)COC. The highest BCUT2D eigenvalue weighted by atomic mass is 16.5. The van der Waals surface area contributed by atoms with Crippen LogP contribution in [0.1, 0.15) is 35.1 Å². The van der Waals surface area contributed by atoms with Crippen molar-refractivity contribution in [3.63, 3.8) is 0 Å². The molecule has 1 atom stereocenters. The van der Waals surface area contributed by atoms with E-state index in [2.05, 4.69) is 15.5 Å². The number of carbonyl (C=O) groups is 1. The molecule has 0 bridgehead atoms. The lowest BCUT2D eigenvalue weighted by Crippen LogP contribution is -2.29. The summed E-state index contributed by atoms with van der Waals surface area (Å²) in [7, 11) is 1.53. The van der Waals surface area contributed by atoms with E-state index >= 15 is 0 Å². The van der Waals surface area contributed by atoms with E-state index in [9.17, 15) is 9.90 Å². The van der Waals surface area contributed by atoms with Crippen molar-refractivity contribution < 1.29 is 14.6 Å². The molecule has 0 aliphatic rings. The van der Waals surface area contributed by atoms with Crippen molar-refractivity contribution in [2.45, 2.75) is 32.8 Å². The van der Waals surface area contributed by atoms with E-state index in [0.29, 0.717) is 36.3 Å². The number of carbonyl (C=O) groups excluding carboxylic acids is 1. The molecule has 0 saturated carbocycles. The van der Waals surface area contributed by atoms with Crippen LogP contribution in [0.2, 0.25) is 0 Å². The molecule has 0 radical (unpaired) electrons. The predicted molar refractivity (Wildman–Crippen MR) is 71.0 cm³/mol. The third kappa shape index (κ3) is 4.92. The van der Waals surface area contributed by atoms with Gasteiger partial charge in [0.05, 0.1) is 29.7 Å². The van der Waals surface area contributed by atoms with Gasteiger partial charge in [-0.2, -0.15) is 10.2 Å². The van der Waals surface area contributed by atoms with Crippen LogP contribution in [0.25, 0.3) is 0 Å². The molecule has 1 aromatic heterocycles. The summed E-state index contributed by atoms with van der Waals surface area (Å²) in [6.07, 6.45) is 0.550. The molecule has 1 unspecified atom stereocenters. The Hall–Kier alpha value is -1.53. The molecule has 1 aromatic rings. The molecule has 0 spiro atoms. The fourth-order valence-electron chi connectivity index (χ4n) is 1.70. The first kappa shape index (κ1) is 15.5. The number of rotatable bonds is 7. The van der Waals surface area contributed by atoms with Gasteiger partial charge in [-0.25, -0.2) is 0 Å². The molecule has 0 aromatic carbocycles. The Morgan fingerprint density at radius 2 is 2.26 bits per heavy atom. The number of hydrogen-bond acceptors (Lipinski definition) is 5. The molecule has 19 heavy (non-hydrogen) atoms. The second-order valence-corrected chi connectivity index (χ2v) is 4.35. The number of aliphatic hydroxyl groups is 1. The summed E-state index contributed by atoms with van der Waals surface area (Å²) in [4.78, 5) is 12.0.